The Morgan fingerprint density at radius 1 is 1.17 bits per heavy atom. The van der Waals surface area contributed by atoms with Crippen LogP contribution in [0, 0.1) is 0 Å². The smallest absolute Gasteiger partial charge is 0.160 e. The molecule has 0 aliphatic rings. The fraction of sp³-hybridized carbons (Fsp3) is 0.571. The molecule has 0 bridgehead atoms. The molecule has 0 aromatic carbocycles. The Hall–Kier alpha value is -1.42. The Kier molecular flexibility index (Phi) is 4.70. The zero-order chi connectivity index (χ0) is 12.8. The first-order valence-electron chi connectivity index (χ1n) is 6.87. The Balaban J connectivity index is 2.00. The van der Waals surface area contributed by atoms with Crippen LogP contribution in [-0.4, -0.2) is 20.6 Å². The molecule has 18 heavy (non-hydrogen) atoms. The van der Waals surface area contributed by atoms with Crippen molar-refractivity contribution in [2.75, 3.05) is 0 Å². The summed E-state index contributed by atoms with van der Waals surface area (Å²) in [7, 11) is 0. The van der Waals surface area contributed by atoms with Crippen LogP contribution in [0.1, 0.15) is 45.4 Å². The molecule has 0 aliphatic heterocycles. The maximum atomic E-state index is 4.24. The number of hydrogen-bond acceptors (Lipinski definition) is 3. The first kappa shape index (κ1) is 13.0. The summed E-state index contributed by atoms with van der Waals surface area (Å²) in [4.78, 5) is 0. The molecule has 0 spiro atoms. The van der Waals surface area contributed by atoms with E-state index < -0.39 is 0 Å². The van der Waals surface area contributed by atoms with E-state index in [2.05, 4.69) is 29.4 Å². The van der Waals surface area contributed by atoms with Crippen molar-refractivity contribution in [3.05, 3.63) is 30.2 Å². The molecule has 0 amide bonds. The highest BCUT2D eigenvalue weighted by molar-refractivity contribution is 5.36. The summed E-state index contributed by atoms with van der Waals surface area (Å²) in [6.07, 6.45) is 6.91. The second-order valence-corrected chi connectivity index (χ2v) is 4.70. The van der Waals surface area contributed by atoms with E-state index in [0.29, 0.717) is 6.04 Å². The monoisotopic (exact) mass is 246 g/mol. The van der Waals surface area contributed by atoms with Crippen molar-refractivity contribution in [1.29, 1.82) is 0 Å². The van der Waals surface area contributed by atoms with Gasteiger partial charge in [0.05, 0.1) is 6.54 Å². The van der Waals surface area contributed by atoms with Crippen LogP contribution in [0.4, 0.5) is 0 Å². The lowest BCUT2D eigenvalue weighted by molar-refractivity contribution is 0.436. The van der Waals surface area contributed by atoms with Crippen LogP contribution >= 0.6 is 0 Å². The lowest BCUT2D eigenvalue weighted by Crippen LogP contribution is -2.29. The first-order valence-corrected chi connectivity index (χ1v) is 6.87. The first-order chi connectivity index (χ1) is 8.85. The fourth-order valence-corrected chi connectivity index (χ4v) is 2.29. The van der Waals surface area contributed by atoms with Crippen LogP contribution in [-0.2, 0) is 6.54 Å². The van der Waals surface area contributed by atoms with Gasteiger partial charge in [0, 0.05) is 12.2 Å². The minimum absolute atomic E-state index is 0.594. The van der Waals surface area contributed by atoms with Gasteiger partial charge in [0.2, 0.25) is 0 Å². The van der Waals surface area contributed by atoms with E-state index in [9.17, 15) is 0 Å². The third-order valence-electron chi connectivity index (χ3n) is 3.21. The number of aromatic nitrogens is 3. The van der Waals surface area contributed by atoms with Gasteiger partial charge in [-0.15, -0.1) is 10.2 Å². The third kappa shape index (κ3) is 3.07. The second-order valence-electron chi connectivity index (χ2n) is 4.70. The lowest BCUT2D eigenvalue weighted by atomic mass is 10.1. The van der Waals surface area contributed by atoms with E-state index in [1.165, 1.54) is 25.7 Å². The highest BCUT2D eigenvalue weighted by Crippen LogP contribution is 2.07. The van der Waals surface area contributed by atoms with Crippen molar-refractivity contribution in [1.82, 2.24) is 19.9 Å². The second kappa shape index (κ2) is 6.50. The Morgan fingerprint density at radius 3 is 2.67 bits per heavy atom. The van der Waals surface area contributed by atoms with E-state index in [1.54, 1.807) is 0 Å². The normalized spacial score (nSPS) is 11.5. The number of nitrogens with zero attached hydrogens (tertiary/aromatic N) is 3. The predicted octanol–water partition coefficient (Wildman–Crippen LogP) is 2.79. The van der Waals surface area contributed by atoms with Gasteiger partial charge < -0.3 is 5.32 Å². The van der Waals surface area contributed by atoms with Crippen LogP contribution in [0.25, 0.3) is 5.65 Å². The molecule has 2 heterocycles. The average Bonchev–Trinajstić information content (AvgIpc) is 2.80. The minimum Gasteiger partial charge on any atom is -0.307 e. The molecule has 98 valence electrons. The van der Waals surface area contributed by atoms with E-state index in [1.807, 2.05) is 28.8 Å². The van der Waals surface area contributed by atoms with Gasteiger partial charge in [-0.2, -0.15) is 0 Å². The van der Waals surface area contributed by atoms with Gasteiger partial charge in [-0.25, -0.2) is 0 Å². The molecule has 0 saturated carbocycles. The molecule has 4 nitrogen and oxygen atoms in total. The van der Waals surface area contributed by atoms with E-state index in [-0.39, 0.29) is 0 Å². The third-order valence-corrected chi connectivity index (χ3v) is 3.21. The molecule has 2 aromatic heterocycles. The SMILES string of the molecule is CCCC(CCC)NCc1nnc2ccccn12. The van der Waals surface area contributed by atoms with Gasteiger partial charge in [-0.05, 0) is 25.0 Å². The zero-order valence-corrected chi connectivity index (χ0v) is 11.3. The van der Waals surface area contributed by atoms with E-state index in [4.69, 9.17) is 0 Å². The molecule has 0 atom stereocenters. The summed E-state index contributed by atoms with van der Waals surface area (Å²) >= 11 is 0. The maximum absolute atomic E-state index is 4.24. The Labute approximate surface area is 108 Å². The summed E-state index contributed by atoms with van der Waals surface area (Å²) in [6, 6.07) is 6.57. The quantitative estimate of drug-likeness (QED) is 0.817. The summed E-state index contributed by atoms with van der Waals surface area (Å²) in [5.41, 5.74) is 0.914. The van der Waals surface area contributed by atoms with Crippen molar-refractivity contribution in [3.8, 4) is 0 Å². The van der Waals surface area contributed by atoms with Crippen LogP contribution < -0.4 is 5.32 Å². The number of nitrogens with one attached hydrogen (secondary N) is 1. The lowest BCUT2D eigenvalue weighted by Gasteiger charge is -2.16. The highest BCUT2D eigenvalue weighted by Gasteiger charge is 2.09. The molecule has 0 aliphatic carbocycles. The summed E-state index contributed by atoms with van der Waals surface area (Å²) in [6.45, 7) is 5.25. The van der Waals surface area contributed by atoms with Crippen LogP contribution in [0.3, 0.4) is 0 Å². The summed E-state index contributed by atoms with van der Waals surface area (Å²) in [5.74, 6) is 0.989. The van der Waals surface area contributed by atoms with Crippen molar-refractivity contribution in [2.45, 2.75) is 52.1 Å². The standard InChI is InChI=1S/C14H22N4/c1-3-7-12(8-4-2)15-11-14-17-16-13-9-5-6-10-18(13)14/h5-6,9-10,12,15H,3-4,7-8,11H2,1-2H3. The maximum Gasteiger partial charge on any atom is 0.160 e. The summed E-state index contributed by atoms with van der Waals surface area (Å²) < 4.78 is 2.04. The van der Waals surface area contributed by atoms with Gasteiger partial charge >= 0.3 is 0 Å². The van der Waals surface area contributed by atoms with Crippen molar-refractivity contribution < 1.29 is 0 Å². The van der Waals surface area contributed by atoms with Gasteiger partial charge in [-0.1, -0.05) is 32.8 Å². The van der Waals surface area contributed by atoms with Gasteiger partial charge in [0.25, 0.3) is 0 Å². The van der Waals surface area contributed by atoms with Crippen molar-refractivity contribution >= 4 is 5.65 Å². The summed E-state index contributed by atoms with van der Waals surface area (Å²) in [5, 5.41) is 12.0. The zero-order valence-electron chi connectivity index (χ0n) is 11.3. The average molecular weight is 246 g/mol. The fourth-order valence-electron chi connectivity index (χ4n) is 2.29. The van der Waals surface area contributed by atoms with E-state index in [0.717, 1.165) is 18.0 Å². The Bertz CT molecular complexity index is 471. The van der Waals surface area contributed by atoms with Gasteiger partial charge in [-0.3, -0.25) is 4.40 Å². The molecule has 1 N–H and O–H groups in total. The van der Waals surface area contributed by atoms with Crippen LogP contribution in [0.15, 0.2) is 24.4 Å². The topological polar surface area (TPSA) is 42.2 Å². The van der Waals surface area contributed by atoms with Crippen LogP contribution in [0.2, 0.25) is 0 Å². The Morgan fingerprint density at radius 2 is 1.94 bits per heavy atom. The van der Waals surface area contributed by atoms with Gasteiger partial charge in [0.1, 0.15) is 0 Å². The largest absolute Gasteiger partial charge is 0.307 e. The molecule has 4 heteroatoms. The number of hydrogen-bond donors (Lipinski definition) is 1. The molecule has 0 unspecified atom stereocenters. The molecular formula is C14H22N4. The molecule has 2 aromatic rings. The predicted molar refractivity (Wildman–Crippen MR) is 73.4 cm³/mol. The molecule has 2 rings (SSSR count). The number of pyridine rings is 1. The minimum atomic E-state index is 0.594. The molecule has 0 radical (unpaired) electrons. The molecule has 0 saturated heterocycles. The van der Waals surface area contributed by atoms with Crippen molar-refractivity contribution in [3.63, 3.8) is 0 Å². The number of rotatable bonds is 7. The number of fused-ring (bicyclic) bond motifs is 1. The van der Waals surface area contributed by atoms with Crippen molar-refractivity contribution in [2.24, 2.45) is 0 Å². The highest BCUT2D eigenvalue weighted by atomic mass is 15.3. The molecule has 0 fully saturated rings. The van der Waals surface area contributed by atoms with E-state index >= 15 is 0 Å². The molecular weight excluding hydrogens is 224 g/mol. The van der Waals surface area contributed by atoms with Crippen LogP contribution in [0.5, 0.6) is 0 Å². The van der Waals surface area contributed by atoms with Gasteiger partial charge in [0.15, 0.2) is 11.5 Å².